The predicted molar refractivity (Wildman–Crippen MR) is 117 cm³/mol. The Balaban J connectivity index is 1.77. The molecule has 1 heterocycles. The van der Waals surface area contributed by atoms with Crippen molar-refractivity contribution in [2.45, 2.75) is 32.2 Å². The van der Waals surface area contributed by atoms with Crippen LogP contribution in [0.4, 0.5) is 5.13 Å². The molecular formula is C22H24N4O3S. The number of rotatable bonds is 8. The first-order valence-electron chi connectivity index (χ1n) is 9.59. The van der Waals surface area contributed by atoms with Crippen molar-refractivity contribution in [2.75, 3.05) is 12.4 Å². The summed E-state index contributed by atoms with van der Waals surface area (Å²) in [5.74, 6) is 0.372. The first-order valence-corrected chi connectivity index (χ1v) is 10.4. The molecule has 0 bridgehead atoms. The molecule has 0 radical (unpaired) electrons. The van der Waals surface area contributed by atoms with Gasteiger partial charge in [-0.15, -0.1) is 10.2 Å². The van der Waals surface area contributed by atoms with Crippen LogP contribution in [0.15, 0.2) is 54.6 Å². The zero-order valence-corrected chi connectivity index (χ0v) is 17.9. The van der Waals surface area contributed by atoms with Gasteiger partial charge in [-0.2, -0.15) is 0 Å². The fourth-order valence-corrected chi connectivity index (χ4v) is 3.58. The zero-order chi connectivity index (χ0) is 21.5. The number of methoxy groups -OCH3 is 1. The minimum absolute atomic E-state index is 0.0440. The summed E-state index contributed by atoms with van der Waals surface area (Å²) in [5.41, 5.74) is 1.30. The summed E-state index contributed by atoms with van der Waals surface area (Å²) in [5, 5.41) is 15.1. The SMILES string of the molecule is COc1cccc(C(CC(=O)Nc2nnc(C(C)C)s2)NC(=O)c2ccccc2)c1. The van der Waals surface area contributed by atoms with E-state index in [2.05, 4.69) is 20.8 Å². The molecule has 156 valence electrons. The molecule has 2 amide bonds. The summed E-state index contributed by atoms with van der Waals surface area (Å²) in [7, 11) is 1.57. The van der Waals surface area contributed by atoms with E-state index >= 15 is 0 Å². The lowest BCUT2D eigenvalue weighted by Crippen LogP contribution is -2.31. The fraction of sp³-hybridized carbons (Fsp3) is 0.273. The second-order valence-electron chi connectivity index (χ2n) is 7.02. The topological polar surface area (TPSA) is 93.2 Å². The summed E-state index contributed by atoms with van der Waals surface area (Å²) >= 11 is 1.35. The third-order valence-corrected chi connectivity index (χ3v) is 5.55. The molecule has 0 aliphatic carbocycles. The standard InChI is InChI=1S/C22H24N4O3S/c1-14(2)21-25-26-22(30-21)24-19(27)13-18(16-10-7-11-17(12-16)29-3)23-20(28)15-8-5-4-6-9-15/h4-12,14,18H,13H2,1-3H3,(H,23,28)(H,24,26,27). The van der Waals surface area contributed by atoms with Gasteiger partial charge in [-0.3, -0.25) is 9.59 Å². The summed E-state index contributed by atoms with van der Waals surface area (Å²) in [4.78, 5) is 25.4. The monoisotopic (exact) mass is 424 g/mol. The van der Waals surface area contributed by atoms with Gasteiger partial charge >= 0.3 is 0 Å². The summed E-state index contributed by atoms with van der Waals surface area (Å²) in [6, 6.07) is 15.7. The number of hydrogen-bond acceptors (Lipinski definition) is 6. The molecule has 3 aromatic rings. The average molecular weight is 425 g/mol. The average Bonchev–Trinajstić information content (AvgIpc) is 3.22. The molecule has 7 nitrogen and oxygen atoms in total. The Hall–Kier alpha value is -3.26. The Morgan fingerprint density at radius 2 is 1.83 bits per heavy atom. The van der Waals surface area contributed by atoms with Crippen LogP contribution in [0.25, 0.3) is 0 Å². The molecule has 0 fully saturated rings. The van der Waals surface area contributed by atoms with Gasteiger partial charge in [0.1, 0.15) is 10.8 Å². The number of carbonyl (C=O) groups is 2. The van der Waals surface area contributed by atoms with E-state index in [4.69, 9.17) is 4.74 Å². The molecule has 8 heteroatoms. The first kappa shape index (κ1) is 21.4. The van der Waals surface area contributed by atoms with Crippen LogP contribution in [0.2, 0.25) is 0 Å². The maximum atomic E-state index is 12.7. The van der Waals surface area contributed by atoms with Crippen LogP contribution >= 0.6 is 11.3 Å². The number of benzene rings is 2. The molecule has 0 aliphatic rings. The van der Waals surface area contributed by atoms with Crippen LogP contribution < -0.4 is 15.4 Å². The van der Waals surface area contributed by atoms with E-state index in [-0.39, 0.29) is 24.2 Å². The summed E-state index contributed by atoms with van der Waals surface area (Å²) < 4.78 is 5.29. The number of hydrogen-bond donors (Lipinski definition) is 2. The molecule has 3 rings (SSSR count). The molecular weight excluding hydrogens is 400 g/mol. The molecule has 2 N–H and O–H groups in total. The highest BCUT2D eigenvalue weighted by Gasteiger charge is 2.21. The highest BCUT2D eigenvalue weighted by molar-refractivity contribution is 7.15. The van der Waals surface area contributed by atoms with Crippen molar-refractivity contribution < 1.29 is 14.3 Å². The first-order chi connectivity index (χ1) is 14.5. The van der Waals surface area contributed by atoms with Crippen molar-refractivity contribution in [3.8, 4) is 5.75 Å². The third-order valence-electron chi connectivity index (χ3n) is 4.41. The van der Waals surface area contributed by atoms with E-state index in [9.17, 15) is 9.59 Å². The van der Waals surface area contributed by atoms with Gasteiger partial charge < -0.3 is 15.4 Å². The van der Waals surface area contributed by atoms with E-state index < -0.39 is 6.04 Å². The highest BCUT2D eigenvalue weighted by Crippen LogP contribution is 2.25. The van der Waals surface area contributed by atoms with E-state index in [1.54, 1.807) is 31.4 Å². The fourth-order valence-electron chi connectivity index (χ4n) is 2.82. The van der Waals surface area contributed by atoms with Crippen LogP contribution in [0.5, 0.6) is 5.75 Å². The molecule has 1 atom stereocenters. The van der Waals surface area contributed by atoms with E-state index in [1.807, 2.05) is 44.2 Å². The maximum Gasteiger partial charge on any atom is 0.251 e. The Kier molecular flexibility index (Phi) is 7.13. The molecule has 0 saturated carbocycles. The minimum atomic E-state index is -0.537. The highest BCUT2D eigenvalue weighted by atomic mass is 32.1. The molecule has 0 aliphatic heterocycles. The van der Waals surface area contributed by atoms with Crippen LogP contribution in [-0.4, -0.2) is 29.1 Å². The van der Waals surface area contributed by atoms with E-state index in [0.717, 1.165) is 10.6 Å². The predicted octanol–water partition coefficient (Wildman–Crippen LogP) is 4.17. The molecule has 30 heavy (non-hydrogen) atoms. The summed E-state index contributed by atoms with van der Waals surface area (Å²) in [6.07, 6.45) is 0.0440. The van der Waals surface area contributed by atoms with Gasteiger partial charge in [0.05, 0.1) is 19.6 Å². The van der Waals surface area contributed by atoms with Gasteiger partial charge in [0.2, 0.25) is 11.0 Å². The Morgan fingerprint density at radius 1 is 1.07 bits per heavy atom. The van der Waals surface area contributed by atoms with Gasteiger partial charge in [-0.25, -0.2) is 0 Å². The number of carbonyl (C=O) groups excluding carboxylic acids is 2. The van der Waals surface area contributed by atoms with Crippen LogP contribution in [0.3, 0.4) is 0 Å². The molecule has 1 aromatic heterocycles. The van der Waals surface area contributed by atoms with Crippen LogP contribution in [-0.2, 0) is 4.79 Å². The Labute approximate surface area is 179 Å². The van der Waals surface area contributed by atoms with Crippen molar-refractivity contribution in [1.82, 2.24) is 15.5 Å². The van der Waals surface area contributed by atoms with Crippen molar-refractivity contribution in [3.63, 3.8) is 0 Å². The maximum absolute atomic E-state index is 12.7. The van der Waals surface area contributed by atoms with Gasteiger partial charge in [0.15, 0.2) is 0 Å². The smallest absolute Gasteiger partial charge is 0.251 e. The molecule has 0 saturated heterocycles. The van der Waals surface area contributed by atoms with E-state index in [0.29, 0.717) is 16.4 Å². The number of nitrogens with one attached hydrogen (secondary N) is 2. The molecule has 1 unspecified atom stereocenters. The zero-order valence-electron chi connectivity index (χ0n) is 17.1. The lowest BCUT2D eigenvalue weighted by molar-refractivity contribution is -0.116. The number of nitrogens with zero attached hydrogens (tertiary/aromatic N) is 2. The second kappa shape index (κ2) is 9.98. The molecule has 0 spiro atoms. The normalized spacial score (nSPS) is 11.7. The van der Waals surface area contributed by atoms with Crippen LogP contribution in [0.1, 0.15) is 53.2 Å². The van der Waals surface area contributed by atoms with Crippen molar-refractivity contribution in [1.29, 1.82) is 0 Å². The van der Waals surface area contributed by atoms with Crippen molar-refractivity contribution in [2.24, 2.45) is 0 Å². The number of aromatic nitrogens is 2. The Morgan fingerprint density at radius 3 is 2.50 bits per heavy atom. The lowest BCUT2D eigenvalue weighted by Gasteiger charge is -2.19. The third kappa shape index (κ3) is 5.64. The van der Waals surface area contributed by atoms with Crippen molar-refractivity contribution in [3.05, 3.63) is 70.7 Å². The van der Waals surface area contributed by atoms with Gasteiger partial charge in [0, 0.05) is 11.5 Å². The van der Waals surface area contributed by atoms with Crippen molar-refractivity contribution >= 4 is 28.3 Å². The quantitative estimate of drug-likeness (QED) is 0.566. The van der Waals surface area contributed by atoms with Gasteiger partial charge in [-0.1, -0.05) is 55.5 Å². The van der Waals surface area contributed by atoms with E-state index in [1.165, 1.54) is 11.3 Å². The Bertz CT molecular complexity index is 1000. The van der Waals surface area contributed by atoms with Gasteiger partial charge in [-0.05, 0) is 29.8 Å². The minimum Gasteiger partial charge on any atom is -0.497 e. The summed E-state index contributed by atoms with van der Waals surface area (Å²) in [6.45, 7) is 4.04. The van der Waals surface area contributed by atoms with Crippen LogP contribution in [0, 0.1) is 0 Å². The number of ether oxygens (including phenoxy) is 1. The largest absolute Gasteiger partial charge is 0.497 e. The number of anilines is 1. The lowest BCUT2D eigenvalue weighted by atomic mass is 10.0. The molecule has 2 aromatic carbocycles. The van der Waals surface area contributed by atoms with Gasteiger partial charge in [0.25, 0.3) is 5.91 Å². The second-order valence-corrected chi connectivity index (χ2v) is 8.03. The number of amides is 2.